The van der Waals surface area contributed by atoms with E-state index in [0.29, 0.717) is 31.0 Å². The minimum atomic E-state index is -3.56. The molecular formula is C19H19N3O3S. The predicted molar refractivity (Wildman–Crippen MR) is 95.9 cm³/mol. The number of hydrogen-bond donors (Lipinski definition) is 0. The Morgan fingerprint density at radius 3 is 2.69 bits per heavy atom. The third-order valence-electron chi connectivity index (χ3n) is 4.48. The average Bonchev–Trinajstić information content (AvgIpc) is 3.10. The van der Waals surface area contributed by atoms with Crippen molar-refractivity contribution < 1.29 is 12.8 Å². The van der Waals surface area contributed by atoms with Gasteiger partial charge in [-0.25, -0.2) is 13.4 Å². The van der Waals surface area contributed by atoms with Crippen LogP contribution >= 0.6 is 0 Å². The molecular weight excluding hydrogens is 350 g/mol. The van der Waals surface area contributed by atoms with Gasteiger partial charge >= 0.3 is 0 Å². The van der Waals surface area contributed by atoms with Crippen molar-refractivity contribution in [3.05, 3.63) is 77.8 Å². The molecule has 1 aliphatic rings. The zero-order valence-corrected chi connectivity index (χ0v) is 15.0. The number of sulfonamides is 1. The number of pyridine rings is 1. The van der Waals surface area contributed by atoms with Crippen LogP contribution in [0.15, 0.2) is 64.2 Å². The van der Waals surface area contributed by atoms with Gasteiger partial charge in [0.2, 0.25) is 10.0 Å². The van der Waals surface area contributed by atoms with E-state index in [1.807, 2.05) is 18.2 Å². The lowest BCUT2D eigenvalue weighted by Crippen LogP contribution is -2.35. The average molecular weight is 369 g/mol. The van der Waals surface area contributed by atoms with Crippen LogP contribution in [-0.2, 0) is 35.8 Å². The Bertz CT molecular complexity index is 985. The van der Waals surface area contributed by atoms with Crippen LogP contribution in [0, 0.1) is 0 Å². The molecule has 0 unspecified atom stereocenters. The van der Waals surface area contributed by atoms with E-state index in [-0.39, 0.29) is 11.4 Å². The molecule has 1 aliphatic heterocycles. The third kappa shape index (κ3) is 3.40. The highest BCUT2D eigenvalue weighted by Crippen LogP contribution is 2.25. The van der Waals surface area contributed by atoms with E-state index in [1.54, 1.807) is 18.3 Å². The molecule has 0 saturated heterocycles. The highest BCUT2D eigenvalue weighted by atomic mass is 32.2. The van der Waals surface area contributed by atoms with Crippen molar-refractivity contribution in [3.8, 4) is 0 Å². The summed E-state index contributed by atoms with van der Waals surface area (Å²) in [6.07, 6.45) is 5.01. The Labute approximate surface area is 152 Å². The zero-order valence-electron chi connectivity index (χ0n) is 14.2. The zero-order chi connectivity index (χ0) is 18.0. The van der Waals surface area contributed by atoms with Gasteiger partial charge in [-0.3, -0.25) is 4.98 Å². The number of aromatic nitrogens is 2. The lowest BCUT2D eigenvalue weighted by Gasteiger charge is -2.24. The maximum atomic E-state index is 12.7. The molecule has 0 aliphatic carbocycles. The molecule has 0 radical (unpaired) electrons. The Balaban J connectivity index is 1.48. The fourth-order valence-electron chi connectivity index (χ4n) is 3.08. The van der Waals surface area contributed by atoms with Gasteiger partial charge in [0.05, 0.1) is 12.2 Å². The first-order valence-electron chi connectivity index (χ1n) is 8.54. The number of nitrogens with zero attached hydrogens (tertiary/aromatic N) is 3. The van der Waals surface area contributed by atoms with Crippen LogP contribution in [0.3, 0.4) is 0 Å². The monoisotopic (exact) mass is 369 g/mol. The number of fused-ring (bicyclic) bond motifs is 1. The number of rotatable bonds is 5. The van der Waals surface area contributed by atoms with Gasteiger partial charge in [0.1, 0.15) is 10.7 Å². The van der Waals surface area contributed by atoms with Crippen LogP contribution in [-0.4, -0.2) is 29.2 Å². The molecule has 3 aromatic rings. The van der Waals surface area contributed by atoms with Gasteiger partial charge in [0, 0.05) is 31.8 Å². The molecule has 0 bridgehead atoms. The van der Waals surface area contributed by atoms with Gasteiger partial charge < -0.3 is 4.42 Å². The Morgan fingerprint density at radius 2 is 1.92 bits per heavy atom. The molecule has 0 saturated carbocycles. The topological polar surface area (TPSA) is 76.3 Å². The van der Waals surface area contributed by atoms with Gasteiger partial charge in [-0.15, -0.1) is 0 Å². The van der Waals surface area contributed by atoms with E-state index in [2.05, 4.69) is 22.1 Å². The van der Waals surface area contributed by atoms with Crippen molar-refractivity contribution in [3.63, 3.8) is 0 Å². The summed E-state index contributed by atoms with van der Waals surface area (Å²) in [6.45, 7) is 0.624. The molecule has 0 fully saturated rings. The molecule has 1 aromatic carbocycles. The Kier molecular flexibility index (Phi) is 4.57. The normalized spacial score (nSPS) is 14.9. The molecule has 4 rings (SSSR count). The summed E-state index contributed by atoms with van der Waals surface area (Å²) >= 11 is 0. The van der Waals surface area contributed by atoms with E-state index in [0.717, 1.165) is 12.2 Å². The molecule has 0 spiro atoms. The first kappa shape index (κ1) is 16.9. The first-order chi connectivity index (χ1) is 12.6. The number of hydrogen-bond acceptors (Lipinski definition) is 5. The fraction of sp³-hybridized carbons (Fsp3) is 0.263. The molecule has 7 heteroatoms. The van der Waals surface area contributed by atoms with E-state index >= 15 is 0 Å². The third-order valence-corrected chi connectivity index (χ3v) is 6.31. The second kappa shape index (κ2) is 7.01. The Hall–Kier alpha value is -2.51. The number of benzene rings is 1. The fourth-order valence-corrected chi connectivity index (χ4v) is 4.45. The molecule has 2 aromatic heterocycles. The highest BCUT2D eigenvalue weighted by Gasteiger charge is 2.31. The van der Waals surface area contributed by atoms with Crippen molar-refractivity contribution in [2.45, 2.75) is 30.7 Å². The van der Waals surface area contributed by atoms with Crippen LogP contribution in [0.25, 0.3) is 0 Å². The van der Waals surface area contributed by atoms with Crippen molar-refractivity contribution in [2.75, 3.05) is 6.54 Å². The minimum absolute atomic E-state index is 0.205. The van der Waals surface area contributed by atoms with Crippen molar-refractivity contribution in [1.82, 2.24) is 14.3 Å². The molecule has 134 valence electrons. The summed E-state index contributed by atoms with van der Waals surface area (Å²) in [5.41, 5.74) is 1.94. The Morgan fingerprint density at radius 1 is 1.08 bits per heavy atom. The van der Waals surface area contributed by atoms with Gasteiger partial charge in [0.15, 0.2) is 5.89 Å². The van der Waals surface area contributed by atoms with Gasteiger partial charge in [0.25, 0.3) is 0 Å². The van der Waals surface area contributed by atoms with Crippen LogP contribution in [0.1, 0.15) is 22.9 Å². The van der Waals surface area contributed by atoms with Crippen molar-refractivity contribution in [2.24, 2.45) is 0 Å². The molecule has 6 nitrogen and oxygen atoms in total. The summed E-state index contributed by atoms with van der Waals surface area (Å²) < 4.78 is 32.8. The van der Waals surface area contributed by atoms with Gasteiger partial charge in [-0.1, -0.05) is 30.3 Å². The van der Waals surface area contributed by atoms with E-state index in [1.165, 1.54) is 16.1 Å². The smallest absolute Gasteiger partial charge is 0.244 e. The van der Waals surface area contributed by atoms with E-state index in [9.17, 15) is 8.42 Å². The summed E-state index contributed by atoms with van der Waals surface area (Å²) in [6, 6.07) is 13.3. The second-order valence-electron chi connectivity index (χ2n) is 6.24. The van der Waals surface area contributed by atoms with Gasteiger partial charge in [-0.05, 0) is 24.1 Å². The summed E-state index contributed by atoms with van der Waals surface area (Å²) in [5, 5.41) is 0. The summed E-state index contributed by atoms with van der Waals surface area (Å²) in [5.74, 6) is 1.46. The maximum absolute atomic E-state index is 12.7. The van der Waals surface area contributed by atoms with E-state index < -0.39 is 10.0 Å². The molecule has 0 N–H and O–H groups in total. The molecule has 0 amide bonds. The minimum Gasteiger partial charge on any atom is -0.445 e. The SMILES string of the molecule is O=S(=O)(c1cccnc1)N1CCc2oc(CCc3ccccc3)nc2C1. The predicted octanol–water partition coefficient (Wildman–Crippen LogP) is 2.60. The summed E-state index contributed by atoms with van der Waals surface area (Å²) in [7, 11) is -3.56. The number of aryl methyl sites for hydroxylation is 2. The van der Waals surface area contributed by atoms with Crippen molar-refractivity contribution >= 4 is 10.0 Å². The van der Waals surface area contributed by atoms with Crippen LogP contribution in [0.2, 0.25) is 0 Å². The largest absolute Gasteiger partial charge is 0.445 e. The maximum Gasteiger partial charge on any atom is 0.244 e. The molecule has 3 heterocycles. The van der Waals surface area contributed by atoms with Gasteiger partial charge in [-0.2, -0.15) is 4.31 Å². The number of oxazole rings is 1. The van der Waals surface area contributed by atoms with Crippen molar-refractivity contribution in [1.29, 1.82) is 0 Å². The van der Waals surface area contributed by atoms with Crippen LogP contribution in [0.4, 0.5) is 0 Å². The summed E-state index contributed by atoms with van der Waals surface area (Å²) in [4.78, 5) is 8.65. The first-order valence-corrected chi connectivity index (χ1v) is 9.98. The second-order valence-corrected chi connectivity index (χ2v) is 8.18. The standard InChI is InChI=1S/C19H19N3O3S/c23-26(24,16-7-4-11-20-13-16)22-12-10-18-17(14-22)21-19(25-18)9-8-15-5-2-1-3-6-15/h1-7,11,13H,8-10,12,14H2. The van der Waals surface area contributed by atoms with E-state index in [4.69, 9.17) is 4.42 Å². The molecule has 0 atom stereocenters. The molecule has 26 heavy (non-hydrogen) atoms. The highest BCUT2D eigenvalue weighted by molar-refractivity contribution is 7.89. The lowest BCUT2D eigenvalue weighted by atomic mass is 10.1. The van der Waals surface area contributed by atoms with Crippen LogP contribution in [0.5, 0.6) is 0 Å². The quantitative estimate of drug-likeness (QED) is 0.691. The van der Waals surface area contributed by atoms with Crippen LogP contribution < -0.4 is 0 Å². The lowest BCUT2D eigenvalue weighted by molar-refractivity contribution is 0.356.